The Labute approximate surface area is 61.2 Å². The van der Waals surface area contributed by atoms with Crippen LogP contribution >= 0.6 is 0 Å². The first kappa shape index (κ1) is 6.54. The summed E-state index contributed by atoms with van der Waals surface area (Å²) in [7, 11) is 4.27. The second-order valence-electron chi connectivity index (χ2n) is 3.13. The monoisotopic (exact) mass is 142 g/mol. The third kappa shape index (κ3) is 0.769. The molecule has 2 saturated heterocycles. The van der Waals surface area contributed by atoms with Gasteiger partial charge in [-0.25, -0.2) is 0 Å². The summed E-state index contributed by atoms with van der Waals surface area (Å²) >= 11 is 0. The van der Waals surface area contributed by atoms with Crippen LogP contribution in [-0.4, -0.2) is 49.6 Å². The van der Waals surface area contributed by atoms with Crippen LogP contribution in [0.25, 0.3) is 0 Å². The predicted molar refractivity (Wildman–Crippen MR) is 39.1 cm³/mol. The van der Waals surface area contributed by atoms with Gasteiger partial charge >= 0.3 is 0 Å². The Morgan fingerprint density at radius 3 is 1.50 bits per heavy atom. The molecule has 0 bridgehead atoms. The van der Waals surface area contributed by atoms with E-state index in [4.69, 9.17) is 0 Å². The van der Waals surface area contributed by atoms with Crippen molar-refractivity contribution in [2.45, 2.75) is 12.3 Å². The third-order valence-electron chi connectivity index (χ3n) is 2.35. The van der Waals surface area contributed by atoms with Crippen molar-refractivity contribution < 1.29 is 0 Å². The van der Waals surface area contributed by atoms with Crippen molar-refractivity contribution in [2.75, 3.05) is 27.4 Å². The molecule has 0 saturated carbocycles. The molecule has 0 amide bonds. The van der Waals surface area contributed by atoms with Crippen LogP contribution in [0.1, 0.15) is 0 Å². The summed E-state index contributed by atoms with van der Waals surface area (Å²) in [5.41, 5.74) is 0. The normalized spacial score (nSPS) is 42.6. The fourth-order valence-electron chi connectivity index (χ4n) is 1.46. The topological polar surface area (TPSA) is 30.5 Å². The quantitative estimate of drug-likeness (QED) is 0.472. The van der Waals surface area contributed by atoms with E-state index < -0.39 is 0 Å². The zero-order valence-electron chi connectivity index (χ0n) is 6.46. The Kier molecular flexibility index (Phi) is 1.42. The summed E-state index contributed by atoms with van der Waals surface area (Å²) in [6, 6.07) is 0. The molecule has 4 heteroatoms. The molecule has 0 aliphatic carbocycles. The summed E-state index contributed by atoms with van der Waals surface area (Å²) in [5, 5.41) is 6.70. The SMILES string of the molecule is CN1CNC1C1NCN1C. The molecule has 2 N–H and O–H groups in total. The Bertz CT molecular complexity index is 122. The van der Waals surface area contributed by atoms with E-state index in [1.165, 1.54) is 0 Å². The lowest BCUT2D eigenvalue weighted by molar-refractivity contribution is -0.0598. The lowest BCUT2D eigenvalue weighted by Crippen LogP contribution is -2.77. The van der Waals surface area contributed by atoms with Crippen LogP contribution in [0.15, 0.2) is 0 Å². The van der Waals surface area contributed by atoms with Gasteiger partial charge in [-0.1, -0.05) is 0 Å². The molecule has 2 rings (SSSR count). The first-order chi connectivity index (χ1) is 4.79. The van der Waals surface area contributed by atoms with Gasteiger partial charge in [-0.3, -0.25) is 20.4 Å². The molecule has 0 aromatic heterocycles. The van der Waals surface area contributed by atoms with E-state index >= 15 is 0 Å². The van der Waals surface area contributed by atoms with Gasteiger partial charge in [0.05, 0.1) is 25.7 Å². The minimum atomic E-state index is 0.527. The van der Waals surface area contributed by atoms with Crippen molar-refractivity contribution >= 4 is 0 Å². The zero-order chi connectivity index (χ0) is 7.14. The summed E-state index contributed by atoms with van der Waals surface area (Å²) in [4.78, 5) is 4.60. The van der Waals surface area contributed by atoms with E-state index in [1.54, 1.807) is 0 Å². The van der Waals surface area contributed by atoms with E-state index in [1.807, 2.05) is 0 Å². The molecule has 0 spiro atoms. The molecule has 58 valence electrons. The fourth-order valence-corrected chi connectivity index (χ4v) is 1.46. The molecular formula is C6H14N4. The van der Waals surface area contributed by atoms with Crippen molar-refractivity contribution in [1.82, 2.24) is 20.4 Å². The van der Waals surface area contributed by atoms with Gasteiger partial charge in [0.15, 0.2) is 0 Å². The molecule has 2 atom stereocenters. The zero-order valence-corrected chi connectivity index (χ0v) is 6.46. The first-order valence-electron chi connectivity index (χ1n) is 3.66. The third-order valence-corrected chi connectivity index (χ3v) is 2.35. The number of hydrogen-bond donors (Lipinski definition) is 2. The molecule has 2 aliphatic rings. The summed E-state index contributed by atoms with van der Waals surface area (Å²) in [6.07, 6.45) is 1.05. The van der Waals surface area contributed by atoms with Gasteiger partial charge in [-0.2, -0.15) is 0 Å². The smallest absolute Gasteiger partial charge is 0.0912 e. The maximum absolute atomic E-state index is 3.35. The first-order valence-corrected chi connectivity index (χ1v) is 3.66. The molecule has 0 aromatic carbocycles. The van der Waals surface area contributed by atoms with Gasteiger partial charge in [0.1, 0.15) is 0 Å². The Morgan fingerprint density at radius 1 is 1.00 bits per heavy atom. The molecule has 0 radical (unpaired) electrons. The van der Waals surface area contributed by atoms with Crippen molar-refractivity contribution in [3.63, 3.8) is 0 Å². The van der Waals surface area contributed by atoms with Crippen LogP contribution in [-0.2, 0) is 0 Å². The highest BCUT2D eigenvalue weighted by Gasteiger charge is 2.38. The molecule has 10 heavy (non-hydrogen) atoms. The largest absolute Gasteiger partial charge is 0.286 e. The van der Waals surface area contributed by atoms with Crippen molar-refractivity contribution in [3.05, 3.63) is 0 Å². The van der Waals surface area contributed by atoms with Crippen LogP contribution < -0.4 is 10.6 Å². The van der Waals surface area contributed by atoms with Crippen molar-refractivity contribution in [1.29, 1.82) is 0 Å². The number of nitrogens with zero attached hydrogens (tertiary/aromatic N) is 2. The van der Waals surface area contributed by atoms with Gasteiger partial charge in [-0.15, -0.1) is 0 Å². The maximum atomic E-state index is 3.35. The van der Waals surface area contributed by atoms with Crippen LogP contribution in [0.5, 0.6) is 0 Å². The van der Waals surface area contributed by atoms with Crippen LogP contribution in [0.4, 0.5) is 0 Å². The molecule has 2 aliphatic heterocycles. The number of likely N-dealkylation sites (N-methyl/N-ethyl adjacent to an activating group) is 2. The molecule has 4 nitrogen and oxygen atoms in total. The lowest BCUT2D eigenvalue weighted by atomic mass is 10.2. The highest BCUT2D eigenvalue weighted by atomic mass is 15.5. The highest BCUT2D eigenvalue weighted by molar-refractivity contribution is 4.90. The molecule has 0 aromatic rings. The minimum Gasteiger partial charge on any atom is -0.286 e. The molecule has 2 fully saturated rings. The van der Waals surface area contributed by atoms with Crippen LogP contribution in [0, 0.1) is 0 Å². The number of nitrogens with one attached hydrogen (secondary N) is 2. The van der Waals surface area contributed by atoms with Gasteiger partial charge in [-0.05, 0) is 14.1 Å². The predicted octanol–water partition coefficient (Wildman–Crippen LogP) is -1.38. The van der Waals surface area contributed by atoms with Crippen molar-refractivity contribution in [3.8, 4) is 0 Å². The Hall–Kier alpha value is -0.160. The number of hydrogen-bond acceptors (Lipinski definition) is 4. The van der Waals surface area contributed by atoms with E-state index in [9.17, 15) is 0 Å². The van der Waals surface area contributed by atoms with E-state index in [-0.39, 0.29) is 0 Å². The van der Waals surface area contributed by atoms with Gasteiger partial charge in [0.25, 0.3) is 0 Å². The second-order valence-corrected chi connectivity index (χ2v) is 3.13. The van der Waals surface area contributed by atoms with Crippen molar-refractivity contribution in [2.24, 2.45) is 0 Å². The lowest BCUT2D eigenvalue weighted by Gasteiger charge is -2.52. The Morgan fingerprint density at radius 2 is 1.40 bits per heavy atom. The van der Waals surface area contributed by atoms with E-state index in [2.05, 4.69) is 34.5 Å². The van der Waals surface area contributed by atoms with Crippen LogP contribution in [0.3, 0.4) is 0 Å². The van der Waals surface area contributed by atoms with Crippen LogP contribution in [0.2, 0.25) is 0 Å². The molecular weight excluding hydrogens is 128 g/mol. The summed E-state index contributed by atoms with van der Waals surface area (Å²) in [6.45, 7) is 2.05. The van der Waals surface area contributed by atoms with Gasteiger partial charge in [0.2, 0.25) is 0 Å². The second kappa shape index (κ2) is 2.17. The summed E-state index contributed by atoms with van der Waals surface area (Å²) < 4.78 is 0. The average molecular weight is 142 g/mol. The number of rotatable bonds is 1. The van der Waals surface area contributed by atoms with Gasteiger partial charge in [0, 0.05) is 0 Å². The van der Waals surface area contributed by atoms with E-state index in [0.29, 0.717) is 12.3 Å². The summed E-state index contributed by atoms with van der Waals surface area (Å²) in [5.74, 6) is 0. The molecule has 2 heterocycles. The Balaban J connectivity index is 1.87. The van der Waals surface area contributed by atoms with Gasteiger partial charge < -0.3 is 0 Å². The molecule has 2 unspecified atom stereocenters. The highest BCUT2D eigenvalue weighted by Crippen LogP contribution is 2.13. The minimum absolute atomic E-state index is 0.527. The standard InChI is InChI=1S/C6H14N4/c1-9-3-7-5(9)6-8-4-10(6)2/h5-8H,3-4H2,1-2H3. The average Bonchev–Trinajstić information content (AvgIpc) is 1.93. The fraction of sp³-hybridized carbons (Fsp3) is 1.00. The van der Waals surface area contributed by atoms with E-state index in [0.717, 1.165) is 13.3 Å². The maximum Gasteiger partial charge on any atom is 0.0912 e.